The van der Waals surface area contributed by atoms with Crippen LogP contribution >= 0.6 is 0 Å². The average Bonchev–Trinajstić information content (AvgIpc) is 2.57. The summed E-state index contributed by atoms with van der Waals surface area (Å²) in [6, 6.07) is 1.44. The monoisotopic (exact) mass is 259 g/mol. The van der Waals surface area contributed by atoms with Gasteiger partial charge in [0.05, 0.1) is 6.61 Å². The van der Waals surface area contributed by atoms with Crippen molar-refractivity contribution in [3.05, 3.63) is 34.9 Å². The van der Waals surface area contributed by atoms with E-state index in [4.69, 9.17) is 15.6 Å². The summed E-state index contributed by atoms with van der Waals surface area (Å²) in [6.07, 6.45) is -1.21. The van der Waals surface area contributed by atoms with Crippen LogP contribution in [0.15, 0.2) is 29.2 Å². The first kappa shape index (κ1) is 14.3. The lowest BCUT2D eigenvalue weighted by molar-refractivity contribution is -0.0447. The van der Waals surface area contributed by atoms with Gasteiger partial charge in [-0.1, -0.05) is 6.58 Å². The number of nitrogens with two attached hydrogens (primary N) is 1. The molecule has 1 aromatic heterocycles. The third-order valence-electron chi connectivity index (χ3n) is 2.64. The second-order valence-electron chi connectivity index (χ2n) is 3.77. The lowest BCUT2D eigenvalue weighted by Crippen LogP contribution is -2.28. The fourth-order valence-electron chi connectivity index (χ4n) is 1.70. The average molecular weight is 259 g/mol. The largest absolute Gasteiger partial charge is 0.394 e. The summed E-state index contributed by atoms with van der Waals surface area (Å²) in [4.78, 5) is 15.1. The predicted molar refractivity (Wildman–Crippen MR) is 61.6 cm³/mol. The number of nitrogen functional groups attached to an aromatic ring is 1. The molecule has 3 atom stereocenters. The molecule has 1 aromatic rings. The zero-order valence-electron chi connectivity index (χ0n) is 9.39. The molecule has 8 heteroatoms. The van der Waals surface area contributed by atoms with Gasteiger partial charge in [0.1, 0.15) is 18.0 Å². The summed E-state index contributed by atoms with van der Waals surface area (Å²) < 4.78 is 6.49. The highest BCUT2D eigenvalue weighted by atomic mass is 19.0. The number of aliphatic hydroxyl groups is 2. The second-order valence-corrected chi connectivity index (χ2v) is 3.77. The molecule has 1 aliphatic rings. The van der Waals surface area contributed by atoms with Crippen LogP contribution < -0.4 is 11.4 Å². The van der Waals surface area contributed by atoms with E-state index in [1.807, 2.05) is 0 Å². The summed E-state index contributed by atoms with van der Waals surface area (Å²) in [7, 11) is 0. The molecule has 100 valence electrons. The molecule has 0 unspecified atom stereocenters. The first-order valence-corrected chi connectivity index (χ1v) is 5.02. The molecule has 0 spiro atoms. The van der Waals surface area contributed by atoms with Gasteiger partial charge in [-0.15, -0.1) is 0 Å². The van der Waals surface area contributed by atoms with E-state index in [0.717, 1.165) is 4.57 Å². The maximum Gasteiger partial charge on any atom is 0.351 e. The number of ether oxygens (including phenoxy) is 1. The first-order chi connectivity index (χ1) is 8.04. The SMILES string of the molecule is C=C1[C@H](n2ccc(N)nc2=O)O[C@H](CO)[C@H]1O.F. The van der Waals surface area contributed by atoms with Gasteiger partial charge in [0, 0.05) is 11.8 Å². The number of hydrogen-bond donors (Lipinski definition) is 3. The van der Waals surface area contributed by atoms with Crippen molar-refractivity contribution in [2.45, 2.75) is 18.4 Å². The van der Waals surface area contributed by atoms with Gasteiger partial charge in [-0.2, -0.15) is 4.98 Å². The van der Waals surface area contributed by atoms with Crippen LogP contribution in [0.25, 0.3) is 0 Å². The van der Waals surface area contributed by atoms with Crippen molar-refractivity contribution in [3.63, 3.8) is 0 Å². The van der Waals surface area contributed by atoms with Crippen LogP contribution in [0.2, 0.25) is 0 Å². The van der Waals surface area contributed by atoms with Gasteiger partial charge in [0.25, 0.3) is 0 Å². The lowest BCUT2D eigenvalue weighted by atomic mass is 10.1. The third kappa shape index (κ3) is 2.26. The Balaban J connectivity index is 0.00000162. The fourth-order valence-corrected chi connectivity index (χ4v) is 1.70. The highest BCUT2D eigenvalue weighted by Gasteiger charge is 2.38. The normalized spacial score (nSPS) is 27.0. The maximum atomic E-state index is 11.6. The molecule has 0 bridgehead atoms. The van der Waals surface area contributed by atoms with Crippen LogP contribution in [0.1, 0.15) is 6.23 Å². The number of aliphatic hydroxyl groups excluding tert-OH is 2. The molecule has 1 saturated heterocycles. The molecule has 1 fully saturated rings. The summed E-state index contributed by atoms with van der Waals surface area (Å²) >= 11 is 0. The Bertz CT molecular complexity index is 504. The summed E-state index contributed by atoms with van der Waals surface area (Å²) in [5, 5.41) is 18.7. The Morgan fingerprint density at radius 3 is 2.78 bits per heavy atom. The van der Waals surface area contributed by atoms with E-state index < -0.39 is 24.1 Å². The quantitative estimate of drug-likeness (QED) is 0.574. The molecule has 18 heavy (non-hydrogen) atoms. The van der Waals surface area contributed by atoms with Crippen LogP contribution in [0, 0.1) is 0 Å². The molecule has 0 radical (unpaired) electrons. The number of nitrogens with zero attached hydrogens (tertiary/aromatic N) is 2. The number of hydrogen-bond acceptors (Lipinski definition) is 6. The first-order valence-electron chi connectivity index (χ1n) is 5.02. The van der Waals surface area contributed by atoms with Gasteiger partial charge in [-0.05, 0) is 6.07 Å². The summed E-state index contributed by atoms with van der Waals surface area (Å²) in [5.41, 5.74) is 5.07. The van der Waals surface area contributed by atoms with E-state index in [-0.39, 0.29) is 17.1 Å². The minimum atomic E-state index is -1.01. The van der Waals surface area contributed by atoms with Gasteiger partial charge in [0.15, 0.2) is 6.23 Å². The molecule has 2 rings (SSSR count). The lowest BCUT2D eigenvalue weighted by Gasteiger charge is -2.14. The van der Waals surface area contributed by atoms with Crippen LogP contribution in [-0.2, 0) is 4.74 Å². The number of halogens is 1. The molecule has 4 N–H and O–H groups in total. The van der Waals surface area contributed by atoms with E-state index in [2.05, 4.69) is 11.6 Å². The van der Waals surface area contributed by atoms with E-state index in [9.17, 15) is 9.90 Å². The molecule has 0 aliphatic carbocycles. The Morgan fingerprint density at radius 2 is 2.28 bits per heavy atom. The van der Waals surface area contributed by atoms with Crippen molar-refractivity contribution < 1.29 is 19.7 Å². The van der Waals surface area contributed by atoms with Gasteiger partial charge in [0.2, 0.25) is 0 Å². The molecular weight excluding hydrogens is 245 g/mol. The highest BCUT2D eigenvalue weighted by Crippen LogP contribution is 2.31. The summed E-state index contributed by atoms with van der Waals surface area (Å²) in [6.45, 7) is 3.30. The van der Waals surface area contributed by atoms with Gasteiger partial charge < -0.3 is 20.7 Å². The van der Waals surface area contributed by atoms with E-state index >= 15 is 0 Å². The topological polar surface area (TPSA) is 111 Å². The minimum Gasteiger partial charge on any atom is -0.394 e. The Hall–Kier alpha value is -1.77. The second kappa shape index (κ2) is 5.25. The highest BCUT2D eigenvalue weighted by molar-refractivity contribution is 5.24. The van der Waals surface area contributed by atoms with Crippen molar-refractivity contribution in [1.82, 2.24) is 9.55 Å². The van der Waals surface area contributed by atoms with Crippen molar-refractivity contribution in [3.8, 4) is 0 Å². The van der Waals surface area contributed by atoms with Gasteiger partial charge in [-0.3, -0.25) is 9.27 Å². The van der Waals surface area contributed by atoms with Crippen LogP contribution in [0.5, 0.6) is 0 Å². The minimum absolute atomic E-state index is 0. The van der Waals surface area contributed by atoms with Crippen LogP contribution in [0.4, 0.5) is 10.5 Å². The predicted octanol–water partition coefficient (Wildman–Crippen LogP) is -1.22. The van der Waals surface area contributed by atoms with Crippen molar-refractivity contribution in [2.24, 2.45) is 0 Å². The zero-order valence-corrected chi connectivity index (χ0v) is 9.39. The van der Waals surface area contributed by atoms with Crippen molar-refractivity contribution in [1.29, 1.82) is 0 Å². The Kier molecular flexibility index (Phi) is 4.17. The molecule has 0 saturated carbocycles. The maximum absolute atomic E-state index is 11.6. The smallest absolute Gasteiger partial charge is 0.351 e. The Labute approximate surface area is 102 Å². The number of rotatable bonds is 2. The van der Waals surface area contributed by atoms with Crippen molar-refractivity contribution >= 4 is 5.82 Å². The molecule has 0 aromatic carbocycles. The van der Waals surface area contributed by atoms with Gasteiger partial charge >= 0.3 is 5.69 Å². The number of anilines is 1. The van der Waals surface area contributed by atoms with E-state index in [1.165, 1.54) is 12.3 Å². The van der Waals surface area contributed by atoms with E-state index in [1.54, 1.807) is 0 Å². The molecule has 7 nitrogen and oxygen atoms in total. The summed E-state index contributed by atoms with van der Waals surface area (Å²) in [5.74, 6) is 0.106. The molecule has 1 aliphatic heterocycles. The van der Waals surface area contributed by atoms with E-state index in [0.29, 0.717) is 5.57 Å². The van der Waals surface area contributed by atoms with Crippen LogP contribution in [-0.4, -0.2) is 38.6 Å². The Morgan fingerprint density at radius 1 is 1.61 bits per heavy atom. The molecule has 2 heterocycles. The zero-order chi connectivity index (χ0) is 12.6. The molecule has 0 amide bonds. The standard InChI is InChI=1S/C10H13N3O4.FH/c1-5-8(15)6(4-14)17-9(5)13-3-2-7(11)12-10(13)16;/h2-3,6,8-9,14-15H,1,4H2,(H2,11,12,16);1H/t6-,8+,9-;/m1./s1. The number of aromatic nitrogens is 2. The third-order valence-corrected chi connectivity index (χ3v) is 2.64. The van der Waals surface area contributed by atoms with Gasteiger partial charge in [-0.25, -0.2) is 4.79 Å². The van der Waals surface area contributed by atoms with Crippen LogP contribution in [0.3, 0.4) is 0 Å². The fraction of sp³-hybridized carbons (Fsp3) is 0.400. The molecular formula is C10H14FN3O4. The van der Waals surface area contributed by atoms with Crippen molar-refractivity contribution in [2.75, 3.05) is 12.3 Å².